The second-order valence-electron chi connectivity index (χ2n) is 3.78. The third-order valence-corrected chi connectivity index (χ3v) is 2.84. The summed E-state index contributed by atoms with van der Waals surface area (Å²) in [6, 6.07) is 2.19. The van der Waals surface area contributed by atoms with Crippen molar-refractivity contribution in [3.63, 3.8) is 0 Å². The summed E-state index contributed by atoms with van der Waals surface area (Å²) in [5.74, 6) is 0.163. The maximum Gasteiger partial charge on any atom is 0.219 e. The summed E-state index contributed by atoms with van der Waals surface area (Å²) in [5, 5.41) is 0. The molecule has 76 valence electrons. The minimum Gasteiger partial charge on any atom is -0.472 e. The Morgan fingerprint density at radius 2 is 2.43 bits per heavy atom. The first kappa shape index (κ1) is 9.31. The Morgan fingerprint density at radius 3 is 3.07 bits per heavy atom. The largest absolute Gasteiger partial charge is 0.472 e. The molecule has 1 aromatic rings. The van der Waals surface area contributed by atoms with Crippen molar-refractivity contribution in [1.82, 2.24) is 4.90 Å². The fourth-order valence-electron chi connectivity index (χ4n) is 2.12. The smallest absolute Gasteiger partial charge is 0.219 e. The lowest BCUT2D eigenvalue weighted by atomic mass is 9.97. The lowest BCUT2D eigenvalue weighted by Gasteiger charge is -2.34. The van der Waals surface area contributed by atoms with Crippen molar-refractivity contribution in [2.24, 2.45) is 0 Å². The molecule has 0 bridgehead atoms. The van der Waals surface area contributed by atoms with Crippen LogP contribution in [0.5, 0.6) is 0 Å². The lowest BCUT2D eigenvalue weighted by molar-refractivity contribution is -0.132. The van der Waals surface area contributed by atoms with E-state index >= 15 is 0 Å². The number of furan rings is 1. The van der Waals surface area contributed by atoms with Gasteiger partial charge in [0.05, 0.1) is 18.6 Å². The van der Waals surface area contributed by atoms with Crippen LogP contribution in [0.4, 0.5) is 0 Å². The van der Waals surface area contributed by atoms with Crippen molar-refractivity contribution in [1.29, 1.82) is 0 Å². The van der Waals surface area contributed by atoms with Crippen molar-refractivity contribution in [2.75, 3.05) is 6.54 Å². The van der Waals surface area contributed by atoms with Crippen LogP contribution in [0, 0.1) is 0 Å². The minimum atomic E-state index is 0.163. The molecule has 1 fully saturated rings. The van der Waals surface area contributed by atoms with Gasteiger partial charge in [0, 0.05) is 19.0 Å². The molecule has 2 rings (SSSR count). The zero-order chi connectivity index (χ0) is 9.97. The molecule has 1 saturated heterocycles. The number of hydrogen-bond acceptors (Lipinski definition) is 2. The summed E-state index contributed by atoms with van der Waals surface area (Å²) in [4.78, 5) is 13.3. The van der Waals surface area contributed by atoms with Crippen LogP contribution in [-0.2, 0) is 4.79 Å². The topological polar surface area (TPSA) is 33.5 Å². The molecule has 2 heterocycles. The van der Waals surface area contributed by atoms with Crippen LogP contribution in [0.2, 0.25) is 0 Å². The van der Waals surface area contributed by atoms with Gasteiger partial charge in [-0.3, -0.25) is 4.79 Å². The van der Waals surface area contributed by atoms with Crippen molar-refractivity contribution < 1.29 is 9.21 Å². The molecule has 0 saturated carbocycles. The summed E-state index contributed by atoms with van der Waals surface area (Å²) < 4.78 is 5.06. The average Bonchev–Trinajstić information content (AvgIpc) is 2.70. The molecular formula is C11H15NO2. The van der Waals surface area contributed by atoms with Gasteiger partial charge in [0.1, 0.15) is 0 Å². The van der Waals surface area contributed by atoms with Gasteiger partial charge >= 0.3 is 0 Å². The molecule has 1 aliphatic heterocycles. The van der Waals surface area contributed by atoms with Crippen LogP contribution in [0.1, 0.15) is 37.8 Å². The van der Waals surface area contributed by atoms with E-state index in [1.165, 1.54) is 6.42 Å². The summed E-state index contributed by atoms with van der Waals surface area (Å²) in [6.07, 6.45) is 6.78. The third-order valence-electron chi connectivity index (χ3n) is 2.84. The molecule has 3 heteroatoms. The van der Waals surface area contributed by atoms with Crippen LogP contribution in [-0.4, -0.2) is 17.4 Å². The number of carbonyl (C=O) groups is 1. The summed E-state index contributed by atoms with van der Waals surface area (Å²) >= 11 is 0. The quantitative estimate of drug-likeness (QED) is 0.686. The molecule has 0 N–H and O–H groups in total. The molecule has 0 aromatic carbocycles. The van der Waals surface area contributed by atoms with Crippen molar-refractivity contribution in [3.8, 4) is 0 Å². The highest BCUT2D eigenvalue weighted by atomic mass is 16.3. The highest BCUT2D eigenvalue weighted by molar-refractivity contribution is 5.73. The molecule has 3 nitrogen and oxygen atoms in total. The second-order valence-corrected chi connectivity index (χ2v) is 3.78. The van der Waals surface area contributed by atoms with Crippen LogP contribution >= 0.6 is 0 Å². The summed E-state index contributed by atoms with van der Waals surface area (Å²) in [7, 11) is 0. The minimum absolute atomic E-state index is 0.163. The normalized spacial score (nSPS) is 22.4. The van der Waals surface area contributed by atoms with Gasteiger partial charge in [-0.25, -0.2) is 0 Å². The number of carbonyl (C=O) groups excluding carboxylic acids is 1. The Hall–Kier alpha value is -1.25. The van der Waals surface area contributed by atoms with E-state index in [1.54, 1.807) is 19.5 Å². The third kappa shape index (κ3) is 1.67. The first-order valence-corrected chi connectivity index (χ1v) is 5.08. The highest BCUT2D eigenvalue weighted by Gasteiger charge is 2.26. The Bertz CT molecular complexity index is 305. The van der Waals surface area contributed by atoms with Crippen molar-refractivity contribution in [3.05, 3.63) is 24.2 Å². The molecule has 14 heavy (non-hydrogen) atoms. The molecule has 0 spiro atoms. The van der Waals surface area contributed by atoms with Gasteiger partial charge < -0.3 is 9.32 Å². The lowest BCUT2D eigenvalue weighted by Crippen LogP contribution is -2.36. The van der Waals surface area contributed by atoms with Crippen molar-refractivity contribution >= 4 is 5.91 Å². The second kappa shape index (κ2) is 3.86. The number of likely N-dealkylation sites (tertiary alicyclic amines) is 1. The predicted molar refractivity (Wildman–Crippen MR) is 52.7 cm³/mol. The van der Waals surface area contributed by atoms with Crippen LogP contribution < -0.4 is 0 Å². The van der Waals surface area contributed by atoms with Crippen LogP contribution in [0.3, 0.4) is 0 Å². The van der Waals surface area contributed by atoms with Crippen LogP contribution in [0.25, 0.3) is 0 Å². The van der Waals surface area contributed by atoms with E-state index in [0.717, 1.165) is 24.9 Å². The first-order chi connectivity index (χ1) is 6.79. The fraction of sp³-hybridized carbons (Fsp3) is 0.545. The highest BCUT2D eigenvalue weighted by Crippen LogP contribution is 2.30. The summed E-state index contributed by atoms with van der Waals surface area (Å²) in [6.45, 7) is 2.52. The zero-order valence-electron chi connectivity index (χ0n) is 8.40. The Kier molecular flexibility index (Phi) is 2.57. The van der Waals surface area contributed by atoms with Gasteiger partial charge in [-0.05, 0) is 25.3 Å². The van der Waals surface area contributed by atoms with Crippen molar-refractivity contribution in [2.45, 2.75) is 32.2 Å². The van der Waals surface area contributed by atoms with E-state index < -0.39 is 0 Å². The Balaban J connectivity index is 2.18. The van der Waals surface area contributed by atoms with Gasteiger partial charge in [0.25, 0.3) is 0 Å². The first-order valence-electron chi connectivity index (χ1n) is 5.08. The molecule has 1 amide bonds. The Labute approximate surface area is 83.7 Å². The zero-order valence-corrected chi connectivity index (χ0v) is 8.40. The summed E-state index contributed by atoms with van der Waals surface area (Å²) in [5.41, 5.74) is 1.12. The number of piperidine rings is 1. The molecule has 1 atom stereocenters. The fourth-order valence-corrected chi connectivity index (χ4v) is 2.12. The maximum atomic E-state index is 11.4. The van der Waals surface area contributed by atoms with Gasteiger partial charge in [0.15, 0.2) is 0 Å². The van der Waals surface area contributed by atoms with Gasteiger partial charge in [-0.2, -0.15) is 0 Å². The number of amides is 1. The average molecular weight is 193 g/mol. The van der Waals surface area contributed by atoms with E-state index in [9.17, 15) is 4.79 Å². The van der Waals surface area contributed by atoms with Crippen LogP contribution in [0.15, 0.2) is 23.0 Å². The number of rotatable bonds is 1. The Morgan fingerprint density at radius 1 is 1.57 bits per heavy atom. The molecule has 1 aromatic heterocycles. The van der Waals surface area contributed by atoms with E-state index in [4.69, 9.17) is 4.42 Å². The van der Waals surface area contributed by atoms with E-state index in [2.05, 4.69) is 0 Å². The predicted octanol–water partition coefficient (Wildman–Crippen LogP) is 2.35. The number of nitrogens with zero attached hydrogens (tertiary/aromatic N) is 1. The SMILES string of the molecule is CC(=O)N1CCCC[C@H]1c1ccoc1. The van der Waals surface area contributed by atoms with Gasteiger partial charge in [0.2, 0.25) is 5.91 Å². The van der Waals surface area contributed by atoms with E-state index in [-0.39, 0.29) is 11.9 Å². The van der Waals surface area contributed by atoms with Gasteiger partial charge in [-0.1, -0.05) is 0 Å². The van der Waals surface area contributed by atoms with Gasteiger partial charge in [-0.15, -0.1) is 0 Å². The molecule has 0 unspecified atom stereocenters. The van der Waals surface area contributed by atoms with E-state index in [0.29, 0.717) is 0 Å². The monoisotopic (exact) mass is 193 g/mol. The molecule has 0 aliphatic carbocycles. The standard InChI is InChI=1S/C11H15NO2/c1-9(13)12-6-3-2-4-11(12)10-5-7-14-8-10/h5,7-8,11H,2-4,6H2,1H3/t11-/m0/s1. The molecule has 1 aliphatic rings. The molecule has 0 radical (unpaired) electrons. The maximum absolute atomic E-state index is 11.4. The number of hydrogen-bond donors (Lipinski definition) is 0. The molecular weight excluding hydrogens is 178 g/mol. The van der Waals surface area contributed by atoms with E-state index in [1.807, 2.05) is 11.0 Å².